The van der Waals surface area contributed by atoms with Gasteiger partial charge >= 0.3 is 6.09 Å². The first-order chi connectivity index (χ1) is 6.49. The second-order valence-electron chi connectivity index (χ2n) is 4.20. The minimum atomic E-state index is -0.969. The van der Waals surface area contributed by atoms with Crippen LogP contribution in [0.15, 0.2) is 0 Å². The first-order valence-corrected chi connectivity index (χ1v) is 4.81. The van der Waals surface area contributed by atoms with Gasteiger partial charge in [0.1, 0.15) is 0 Å². The second-order valence-corrected chi connectivity index (χ2v) is 4.20. The fourth-order valence-electron chi connectivity index (χ4n) is 1.65. The summed E-state index contributed by atoms with van der Waals surface area (Å²) in [5.74, 6) is 0. The van der Waals surface area contributed by atoms with Crippen molar-refractivity contribution in [3.8, 4) is 0 Å². The molecule has 1 aliphatic rings. The molecule has 1 saturated heterocycles. The Morgan fingerprint density at radius 3 is 2.57 bits per heavy atom. The van der Waals surface area contributed by atoms with E-state index in [0.29, 0.717) is 0 Å². The number of hydrogen-bond donors (Lipinski definition) is 2. The Morgan fingerprint density at radius 2 is 2.07 bits per heavy atom. The highest BCUT2D eigenvalue weighted by molar-refractivity contribution is 5.65. The lowest BCUT2D eigenvalue weighted by Gasteiger charge is -2.34. The predicted molar refractivity (Wildman–Crippen MR) is 52.5 cm³/mol. The summed E-state index contributed by atoms with van der Waals surface area (Å²) in [5, 5.41) is 11.1. The zero-order chi connectivity index (χ0) is 10.6. The fraction of sp³-hybridized carbons (Fsp3) is 0.889. The summed E-state index contributed by atoms with van der Waals surface area (Å²) in [6, 6.07) is 0. The summed E-state index contributed by atoms with van der Waals surface area (Å²) in [7, 11) is 0. The smallest absolute Gasteiger partial charge is 0.405 e. The molecule has 1 fully saturated rings. The van der Waals surface area contributed by atoms with E-state index in [1.165, 1.54) is 0 Å². The molecule has 0 unspecified atom stereocenters. The van der Waals surface area contributed by atoms with Gasteiger partial charge in [-0.05, 0) is 13.8 Å². The molecular weight excluding hydrogens is 184 g/mol. The van der Waals surface area contributed by atoms with Gasteiger partial charge in [-0.3, -0.25) is 4.90 Å². The Labute approximate surface area is 84.0 Å². The van der Waals surface area contributed by atoms with Gasteiger partial charge < -0.3 is 15.2 Å². The summed E-state index contributed by atoms with van der Waals surface area (Å²) >= 11 is 0. The quantitative estimate of drug-likeness (QED) is 0.694. The summed E-state index contributed by atoms with van der Waals surface area (Å²) in [6.45, 7) is 7.73. The number of carboxylic acid groups (broad SMARTS) is 1. The van der Waals surface area contributed by atoms with Crippen LogP contribution in [-0.4, -0.2) is 54.5 Å². The van der Waals surface area contributed by atoms with Gasteiger partial charge in [-0.25, -0.2) is 4.79 Å². The highest BCUT2D eigenvalue weighted by atomic mass is 16.5. The molecule has 0 aromatic heterocycles. The minimum absolute atomic E-state index is 0.400. The standard InChI is InChI=1S/C9H18N2O3/c1-9(2,10-8(12)13)7-11-3-5-14-6-4-11/h10H,3-7H2,1-2H3,(H,12,13). The number of rotatable bonds is 3. The maximum atomic E-state index is 10.5. The van der Waals surface area contributed by atoms with Crippen LogP contribution in [0.4, 0.5) is 4.79 Å². The third kappa shape index (κ3) is 3.93. The molecule has 5 nitrogen and oxygen atoms in total. The summed E-state index contributed by atoms with van der Waals surface area (Å²) in [6.07, 6.45) is -0.969. The van der Waals surface area contributed by atoms with E-state index < -0.39 is 11.6 Å². The van der Waals surface area contributed by atoms with Gasteiger partial charge in [-0.15, -0.1) is 0 Å². The molecule has 1 amide bonds. The van der Waals surface area contributed by atoms with Crippen LogP contribution in [-0.2, 0) is 4.74 Å². The zero-order valence-corrected chi connectivity index (χ0v) is 8.75. The Hall–Kier alpha value is -0.810. The average Bonchev–Trinajstić information content (AvgIpc) is 2.02. The molecule has 2 N–H and O–H groups in total. The van der Waals surface area contributed by atoms with Gasteiger partial charge in [0.25, 0.3) is 0 Å². The third-order valence-electron chi connectivity index (χ3n) is 2.17. The number of carbonyl (C=O) groups is 1. The van der Waals surface area contributed by atoms with Crippen molar-refractivity contribution in [3.63, 3.8) is 0 Å². The molecule has 0 spiro atoms. The Balaban J connectivity index is 2.36. The van der Waals surface area contributed by atoms with Crippen molar-refractivity contribution in [1.82, 2.24) is 10.2 Å². The molecule has 0 aromatic rings. The largest absolute Gasteiger partial charge is 0.465 e. The molecule has 0 bridgehead atoms. The summed E-state index contributed by atoms with van der Waals surface area (Å²) < 4.78 is 5.22. The number of ether oxygens (including phenoxy) is 1. The lowest BCUT2D eigenvalue weighted by Crippen LogP contribution is -2.53. The van der Waals surface area contributed by atoms with Crippen molar-refractivity contribution in [2.24, 2.45) is 0 Å². The molecule has 1 aliphatic heterocycles. The van der Waals surface area contributed by atoms with E-state index in [4.69, 9.17) is 9.84 Å². The zero-order valence-electron chi connectivity index (χ0n) is 8.75. The predicted octanol–water partition coefficient (Wildman–Crippen LogP) is 0.365. The SMILES string of the molecule is CC(C)(CN1CCOCC1)NC(=O)O. The first-order valence-electron chi connectivity index (χ1n) is 4.81. The molecule has 5 heteroatoms. The molecule has 0 atom stereocenters. The van der Waals surface area contributed by atoms with Gasteiger partial charge in [0.2, 0.25) is 0 Å². The van der Waals surface area contributed by atoms with Crippen LogP contribution in [0.3, 0.4) is 0 Å². The number of amides is 1. The lowest BCUT2D eigenvalue weighted by molar-refractivity contribution is 0.0273. The normalized spacial score (nSPS) is 19.3. The van der Waals surface area contributed by atoms with Gasteiger partial charge in [0.15, 0.2) is 0 Å². The molecule has 1 rings (SSSR count). The first kappa shape index (κ1) is 11.3. The molecule has 0 aromatic carbocycles. The Morgan fingerprint density at radius 1 is 1.50 bits per heavy atom. The molecule has 14 heavy (non-hydrogen) atoms. The van der Waals surface area contributed by atoms with Crippen molar-refractivity contribution in [2.75, 3.05) is 32.8 Å². The second kappa shape index (κ2) is 4.61. The highest BCUT2D eigenvalue weighted by Gasteiger charge is 2.24. The van der Waals surface area contributed by atoms with Crippen LogP contribution in [0.25, 0.3) is 0 Å². The van der Waals surface area contributed by atoms with E-state index in [9.17, 15) is 4.79 Å². The average molecular weight is 202 g/mol. The number of morpholine rings is 1. The van der Waals surface area contributed by atoms with E-state index >= 15 is 0 Å². The number of nitrogens with zero attached hydrogens (tertiary/aromatic N) is 1. The van der Waals surface area contributed by atoms with Crippen LogP contribution >= 0.6 is 0 Å². The topological polar surface area (TPSA) is 61.8 Å². The van der Waals surface area contributed by atoms with Crippen LogP contribution in [0.5, 0.6) is 0 Å². The van der Waals surface area contributed by atoms with E-state index in [1.54, 1.807) is 0 Å². The van der Waals surface area contributed by atoms with Crippen molar-refractivity contribution >= 4 is 6.09 Å². The molecular formula is C9H18N2O3. The van der Waals surface area contributed by atoms with Crippen LogP contribution < -0.4 is 5.32 Å². The number of hydrogen-bond acceptors (Lipinski definition) is 3. The minimum Gasteiger partial charge on any atom is -0.465 e. The maximum absolute atomic E-state index is 10.5. The highest BCUT2D eigenvalue weighted by Crippen LogP contribution is 2.07. The van der Waals surface area contributed by atoms with Crippen molar-refractivity contribution in [1.29, 1.82) is 0 Å². The van der Waals surface area contributed by atoms with E-state index in [2.05, 4.69) is 10.2 Å². The van der Waals surface area contributed by atoms with Crippen molar-refractivity contribution < 1.29 is 14.6 Å². The van der Waals surface area contributed by atoms with Crippen molar-refractivity contribution in [2.45, 2.75) is 19.4 Å². The van der Waals surface area contributed by atoms with E-state index in [-0.39, 0.29) is 0 Å². The third-order valence-corrected chi connectivity index (χ3v) is 2.17. The Bertz CT molecular complexity index is 200. The van der Waals surface area contributed by atoms with Gasteiger partial charge in [-0.1, -0.05) is 0 Å². The molecule has 0 aliphatic carbocycles. The van der Waals surface area contributed by atoms with Crippen LogP contribution in [0.2, 0.25) is 0 Å². The lowest BCUT2D eigenvalue weighted by atomic mass is 10.1. The van der Waals surface area contributed by atoms with E-state index in [1.807, 2.05) is 13.8 Å². The number of nitrogens with one attached hydrogen (secondary N) is 1. The Kier molecular flexibility index (Phi) is 3.71. The molecule has 82 valence electrons. The van der Waals surface area contributed by atoms with Gasteiger partial charge in [0, 0.05) is 19.6 Å². The van der Waals surface area contributed by atoms with Crippen LogP contribution in [0, 0.1) is 0 Å². The van der Waals surface area contributed by atoms with E-state index in [0.717, 1.165) is 32.8 Å². The van der Waals surface area contributed by atoms with Crippen LogP contribution in [0.1, 0.15) is 13.8 Å². The molecule has 1 heterocycles. The fourth-order valence-corrected chi connectivity index (χ4v) is 1.65. The molecule has 0 saturated carbocycles. The summed E-state index contributed by atoms with van der Waals surface area (Å²) in [4.78, 5) is 12.7. The van der Waals surface area contributed by atoms with Crippen molar-refractivity contribution in [3.05, 3.63) is 0 Å². The monoisotopic (exact) mass is 202 g/mol. The van der Waals surface area contributed by atoms with Gasteiger partial charge in [-0.2, -0.15) is 0 Å². The van der Waals surface area contributed by atoms with Gasteiger partial charge in [0.05, 0.1) is 18.8 Å². The molecule has 0 radical (unpaired) electrons. The summed E-state index contributed by atoms with van der Waals surface area (Å²) in [5.41, 5.74) is -0.400. The maximum Gasteiger partial charge on any atom is 0.405 e.